The van der Waals surface area contributed by atoms with Gasteiger partial charge < -0.3 is 0 Å². The van der Waals surface area contributed by atoms with Crippen LogP contribution in [0.4, 0.5) is 0 Å². The second-order valence-corrected chi connectivity index (χ2v) is 2.57. The lowest BCUT2D eigenvalue weighted by molar-refractivity contribution is 0.105. The van der Waals surface area contributed by atoms with Crippen molar-refractivity contribution in [2.24, 2.45) is 0 Å². The van der Waals surface area contributed by atoms with Gasteiger partial charge in [0.2, 0.25) is 5.78 Å². The monoisotopic (exact) mass is 158 g/mol. The first-order valence-electron chi connectivity index (χ1n) is 3.78. The molecule has 0 aliphatic carbocycles. The van der Waals surface area contributed by atoms with Crippen LogP contribution >= 0.6 is 0 Å². The number of benzene rings is 1. The summed E-state index contributed by atoms with van der Waals surface area (Å²) in [5, 5.41) is 0. The molecule has 0 aliphatic heterocycles. The third-order valence-corrected chi connectivity index (χ3v) is 1.55. The lowest BCUT2D eigenvalue weighted by Crippen LogP contribution is -1.93. The maximum atomic E-state index is 11.2. The van der Waals surface area contributed by atoms with E-state index in [1.54, 1.807) is 19.1 Å². The van der Waals surface area contributed by atoms with Crippen molar-refractivity contribution in [3.63, 3.8) is 0 Å². The van der Waals surface area contributed by atoms with Crippen molar-refractivity contribution in [1.29, 1.82) is 0 Å². The van der Waals surface area contributed by atoms with Crippen molar-refractivity contribution in [3.05, 3.63) is 35.4 Å². The number of hydrogen-bond acceptors (Lipinski definition) is 1. The number of ketones is 1. The quantitative estimate of drug-likeness (QED) is 0.348. The molecule has 0 fully saturated rings. The summed E-state index contributed by atoms with van der Waals surface area (Å²) in [4.78, 5) is 11.2. The maximum Gasteiger partial charge on any atom is 0.235 e. The first kappa shape index (κ1) is 8.55. The van der Waals surface area contributed by atoms with E-state index in [1.807, 2.05) is 19.1 Å². The van der Waals surface area contributed by atoms with Gasteiger partial charge in [0, 0.05) is 5.56 Å². The molecule has 0 unspecified atom stereocenters. The van der Waals surface area contributed by atoms with E-state index in [0.717, 1.165) is 5.56 Å². The Morgan fingerprint density at radius 3 is 2.33 bits per heavy atom. The first-order chi connectivity index (χ1) is 5.74. The summed E-state index contributed by atoms with van der Waals surface area (Å²) in [5.41, 5.74) is 1.81. The van der Waals surface area contributed by atoms with E-state index < -0.39 is 0 Å². The molecule has 12 heavy (non-hydrogen) atoms. The zero-order chi connectivity index (χ0) is 8.97. The summed E-state index contributed by atoms with van der Waals surface area (Å²) in [6.45, 7) is 3.64. The third kappa shape index (κ3) is 1.96. The predicted octanol–water partition coefficient (Wildman–Crippen LogP) is 2.20. The van der Waals surface area contributed by atoms with Gasteiger partial charge >= 0.3 is 0 Å². The highest BCUT2D eigenvalue weighted by molar-refractivity contribution is 6.08. The summed E-state index contributed by atoms with van der Waals surface area (Å²) >= 11 is 0. The molecule has 0 atom stereocenters. The molecule has 0 saturated carbocycles. The van der Waals surface area contributed by atoms with Crippen LogP contribution in [-0.4, -0.2) is 5.78 Å². The smallest absolute Gasteiger partial charge is 0.235 e. The minimum atomic E-state index is -0.113. The van der Waals surface area contributed by atoms with Crippen LogP contribution in [0.5, 0.6) is 0 Å². The minimum Gasteiger partial charge on any atom is -0.279 e. The SMILES string of the molecule is CC#CC(=O)c1ccc(C)cc1. The molecular formula is C11H10O. The third-order valence-electron chi connectivity index (χ3n) is 1.55. The van der Waals surface area contributed by atoms with Crippen LogP contribution in [0.3, 0.4) is 0 Å². The van der Waals surface area contributed by atoms with E-state index in [9.17, 15) is 4.79 Å². The highest BCUT2D eigenvalue weighted by Gasteiger charge is 1.99. The molecule has 0 aliphatic rings. The number of Topliss-reactive ketones (excluding diaryl/α,β-unsaturated/α-hetero) is 1. The van der Waals surface area contributed by atoms with E-state index in [1.165, 1.54) is 0 Å². The van der Waals surface area contributed by atoms with Gasteiger partial charge in [-0.05, 0) is 19.8 Å². The van der Waals surface area contributed by atoms with Crippen LogP contribution in [0.25, 0.3) is 0 Å². The molecule has 1 aromatic carbocycles. The highest BCUT2D eigenvalue weighted by atomic mass is 16.1. The number of carbonyl (C=O) groups excluding carboxylic acids is 1. The molecule has 0 bridgehead atoms. The molecule has 0 amide bonds. The molecule has 0 aromatic heterocycles. The van der Waals surface area contributed by atoms with Gasteiger partial charge in [-0.25, -0.2) is 0 Å². The number of rotatable bonds is 1. The zero-order valence-electron chi connectivity index (χ0n) is 7.22. The van der Waals surface area contributed by atoms with Crippen molar-refractivity contribution < 1.29 is 4.79 Å². The van der Waals surface area contributed by atoms with Crippen molar-refractivity contribution in [1.82, 2.24) is 0 Å². The fraction of sp³-hybridized carbons (Fsp3) is 0.182. The van der Waals surface area contributed by atoms with Gasteiger partial charge in [-0.3, -0.25) is 4.79 Å². The topological polar surface area (TPSA) is 17.1 Å². The van der Waals surface area contributed by atoms with E-state index in [0.29, 0.717) is 5.56 Å². The Hall–Kier alpha value is -1.55. The number of carbonyl (C=O) groups is 1. The summed E-state index contributed by atoms with van der Waals surface area (Å²) < 4.78 is 0. The molecule has 60 valence electrons. The fourth-order valence-electron chi connectivity index (χ4n) is 0.891. The summed E-state index contributed by atoms with van der Waals surface area (Å²) in [6.07, 6.45) is 0. The van der Waals surface area contributed by atoms with Crippen LogP contribution in [0, 0.1) is 18.8 Å². The molecule has 1 nitrogen and oxygen atoms in total. The Labute approximate surface area is 72.4 Å². The Morgan fingerprint density at radius 2 is 1.83 bits per heavy atom. The van der Waals surface area contributed by atoms with Crippen molar-refractivity contribution in [2.75, 3.05) is 0 Å². The van der Waals surface area contributed by atoms with Gasteiger partial charge in [0.1, 0.15) is 0 Å². The molecule has 0 radical (unpaired) electrons. The second-order valence-electron chi connectivity index (χ2n) is 2.57. The van der Waals surface area contributed by atoms with Gasteiger partial charge in [-0.2, -0.15) is 0 Å². The molecule has 0 heterocycles. The van der Waals surface area contributed by atoms with Crippen LogP contribution in [-0.2, 0) is 0 Å². The van der Waals surface area contributed by atoms with Crippen LogP contribution in [0.2, 0.25) is 0 Å². The minimum absolute atomic E-state index is 0.113. The molecule has 1 heteroatoms. The maximum absolute atomic E-state index is 11.2. The van der Waals surface area contributed by atoms with Gasteiger partial charge in [-0.1, -0.05) is 35.7 Å². The Bertz CT molecular complexity index is 336. The normalized spacial score (nSPS) is 8.50. The van der Waals surface area contributed by atoms with E-state index in [4.69, 9.17) is 0 Å². The lowest BCUT2D eigenvalue weighted by atomic mass is 10.1. The van der Waals surface area contributed by atoms with Crippen LogP contribution in [0.1, 0.15) is 22.8 Å². The molecule has 1 rings (SSSR count). The number of hydrogen-bond donors (Lipinski definition) is 0. The largest absolute Gasteiger partial charge is 0.279 e. The summed E-state index contributed by atoms with van der Waals surface area (Å²) in [7, 11) is 0. The molecule has 1 aromatic rings. The number of aryl methyl sites for hydroxylation is 1. The van der Waals surface area contributed by atoms with Gasteiger partial charge in [0.25, 0.3) is 0 Å². The first-order valence-corrected chi connectivity index (χ1v) is 3.78. The Kier molecular flexibility index (Phi) is 2.66. The van der Waals surface area contributed by atoms with Crippen LogP contribution in [0.15, 0.2) is 24.3 Å². The molecule has 0 N–H and O–H groups in total. The van der Waals surface area contributed by atoms with E-state index in [-0.39, 0.29) is 5.78 Å². The standard InChI is InChI=1S/C11H10O/c1-3-4-11(12)10-7-5-9(2)6-8-10/h5-8H,1-2H3. The van der Waals surface area contributed by atoms with Crippen molar-refractivity contribution in [2.45, 2.75) is 13.8 Å². The van der Waals surface area contributed by atoms with Gasteiger partial charge in [0.15, 0.2) is 0 Å². The van der Waals surface area contributed by atoms with Crippen molar-refractivity contribution in [3.8, 4) is 11.8 Å². The Balaban J connectivity index is 2.95. The summed E-state index contributed by atoms with van der Waals surface area (Å²) in [6, 6.07) is 7.40. The molecule has 0 saturated heterocycles. The highest BCUT2D eigenvalue weighted by Crippen LogP contribution is 2.02. The molecule has 0 spiro atoms. The zero-order valence-corrected chi connectivity index (χ0v) is 7.22. The van der Waals surface area contributed by atoms with Crippen LogP contribution < -0.4 is 0 Å². The van der Waals surface area contributed by atoms with E-state index >= 15 is 0 Å². The Morgan fingerprint density at radius 1 is 1.25 bits per heavy atom. The average Bonchev–Trinajstić information content (AvgIpc) is 2.06. The van der Waals surface area contributed by atoms with E-state index in [2.05, 4.69) is 11.8 Å². The molecular weight excluding hydrogens is 148 g/mol. The summed E-state index contributed by atoms with van der Waals surface area (Å²) in [5.74, 6) is 4.96. The predicted molar refractivity (Wildman–Crippen MR) is 49.0 cm³/mol. The average molecular weight is 158 g/mol. The van der Waals surface area contributed by atoms with Crippen molar-refractivity contribution >= 4 is 5.78 Å². The van der Waals surface area contributed by atoms with Gasteiger partial charge in [0.05, 0.1) is 0 Å². The second kappa shape index (κ2) is 3.73. The fourth-order valence-corrected chi connectivity index (χ4v) is 0.891. The van der Waals surface area contributed by atoms with Gasteiger partial charge in [-0.15, -0.1) is 0 Å². The lowest BCUT2D eigenvalue weighted by Gasteiger charge is -1.93.